The van der Waals surface area contributed by atoms with Gasteiger partial charge in [-0.3, -0.25) is 9.69 Å². The molecule has 0 radical (unpaired) electrons. The number of amides is 1. The van der Waals surface area contributed by atoms with Gasteiger partial charge in [0.25, 0.3) is 0 Å². The first-order valence-corrected chi connectivity index (χ1v) is 8.52. The SMILES string of the molecule is CCOC(=O)C(CC)N1CCN(C(=O)OCc2ccccc2)CC1. The molecular weight excluding hydrogens is 308 g/mol. The van der Waals surface area contributed by atoms with Gasteiger partial charge >= 0.3 is 12.1 Å². The third-order valence-corrected chi connectivity index (χ3v) is 4.16. The van der Waals surface area contributed by atoms with Crippen LogP contribution < -0.4 is 0 Å². The lowest BCUT2D eigenvalue weighted by Gasteiger charge is -2.37. The Balaban J connectivity index is 1.79. The van der Waals surface area contributed by atoms with E-state index in [1.807, 2.05) is 44.2 Å². The zero-order chi connectivity index (χ0) is 17.4. The van der Waals surface area contributed by atoms with Crippen LogP contribution >= 0.6 is 0 Å². The van der Waals surface area contributed by atoms with E-state index >= 15 is 0 Å². The molecule has 6 nitrogen and oxygen atoms in total. The van der Waals surface area contributed by atoms with E-state index in [0.29, 0.717) is 39.2 Å². The molecule has 1 heterocycles. The molecule has 0 spiro atoms. The van der Waals surface area contributed by atoms with Crippen LogP contribution in [0.25, 0.3) is 0 Å². The summed E-state index contributed by atoms with van der Waals surface area (Å²) in [4.78, 5) is 27.9. The Labute approximate surface area is 143 Å². The highest BCUT2D eigenvalue weighted by Crippen LogP contribution is 2.12. The number of rotatable bonds is 6. The first-order valence-electron chi connectivity index (χ1n) is 8.52. The molecule has 0 N–H and O–H groups in total. The average Bonchev–Trinajstić information content (AvgIpc) is 2.62. The van der Waals surface area contributed by atoms with Crippen molar-refractivity contribution in [3.63, 3.8) is 0 Å². The maximum absolute atomic E-state index is 12.1. The summed E-state index contributed by atoms with van der Waals surface area (Å²) in [7, 11) is 0. The molecule has 24 heavy (non-hydrogen) atoms. The Hall–Kier alpha value is -2.08. The van der Waals surface area contributed by atoms with Gasteiger partial charge in [-0.15, -0.1) is 0 Å². The topological polar surface area (TPSA) is 59.1 Å². The lowest BCUT2D eigenvalue weighted by molar-refractivity contribution is -0.150. The van der Waals surface area contributed by atoms with Crippen LogP contribution in [0.5, 0.6) is 0 Å². The molecule has 1 saturated heterocycles. The van der Waals surface area contributed by atoms with Gasteiger partial charge in [-0.2, -0.15) is 0 Å². The number of carbonyl (C=O) groups excluding carboxylic acids is 2. The van der Waals surface area contributed by atoms with Crippen LogP contribution in [-0.2, 0) is 20.9 Å². The van der Waals surface area contributed by atoms with Crippen LogP contribution in [0.3, 0.4) is 0 Å². The van der Waals surface area contributed by atoms with Crippen LogP contribution in [0.4, 0.5) is 4.79 Å². The predicted molar refractivity (Wildman–Crippen MR) is 90.5 cm³/mol. The molecule has 2 rings (SSSR count). The third kappa shape index (κ3) is 4.96. The molecule has 1 aromatic carbocycles. The van der Waals surface area contributed by atoms with Crippen LogP contribution in [0.15, 0.2) is 30.3 Å². The molecule has 1 aromatic rings. The molecular formula is C18H26N2O4. The standard InChI is InChI=1S/C18H26N2O4/c1-3-16(17(21)23-4-2)19-10-12-20(13-11-19)18(22)24-14-15-8-6-5-7-9-15/h5-9,16H,3-4,10-14H2,1-2H3. The van der Waals surface area contributed by atoms with E-state index in [1.165, 1.54) is 0 Å². The number of hydrogen-bond donors (Lipinski definition) is 0. The van der Waals surface area contributed by atoms with Crippen molar-refractivity contribution in [1.82, 2.24) is 9.80 Å². The number of ether oxygens (including phenoxy) is 2. The molecule has 0 bridgehead atoms. The summed E-state index contributed by atoms with van der Waals surface area (Å²) < 4.78 is 10.5. The van der Waals surface area contributed by atoms with E-state index in [1.54, 1.807) is 4.90 Å². The summed E-state index contributed by atoms with van der Waals surface area (Å²) in [5, 5.41) is 0. The van der Waals surface area contributed by atoms with Crippen LogP contribution in [0, 0.1) is 0 Å². The quantitative estimate of drug-likeness (QED) is 0.747. The summed E-state index contributed by atoms with van der Waals surface area (Å²) in [6, 6.07) is 9.39. The largest absolute Gasteiger partial charge is 0.465 e. The van der Waals surface area contributed by atoms with Crippen molar-refractivity contribution in [2.45, 2.75) is 32.9 Å². The van der Waals surface area contributed by atoms with Gasteiger partial charge in [0.1, 0.15) is 12.6 Å². The Kier molecular flexibility index (Phi) is 7.06. The molecule has 6 heteroatoms. The van der Waals surface area contributed by atoms with Gasteiger partial charge in [0.15, 0.2) is 0 Å². The number of carbonyl (C=O) groups is 2. The number of esters is 1. The second-order valence-corrected chi connectivity index (χ2v) is 5.74. The van der Waals surface area contributed by atoms with Gasteiger partial charge in [-0.1, -0.05) is 37.3 Å². The van der Waals surface area contributed by atoms with Gasteiger partial charge in [0, 0.05) is 26.2 Å². The van der Waals surface area contributed by atoms with E-state index in [2.05, 4.69) is 4.90 Å². The number of piperazine rings is 1. The number of nitrogens with zero attached hydrogens (tertiary/aromatic N) is 2. The van der Waals surface area contributed by atoms with Crippen molar-refractivity contribution in [2.24, 2.45) is 0 Å². The summed E-state index contributed by atoms with van der Waals surface area (Å²) >= 11 is 0. The fourth-order valence-corrected chi connectivity index (χ4v) is 2.84. The van der Waals surface area contributed by atoms with Gasteiger partial charge in [0.05, 0.1) is 6.61 Å². The van der Waals surface area contributed by atoms with Gasteiger partial charge in [0.2, 0.25) is 0 Å². The minimum absolute atomic E-state index is 0.180. The van der Waals surface area contributed by atoms with E-state index in [4.69, 9.17) is 9.47 Å². The Bertz CT molecular complexity index is 527. The average molecular weight is 334 g/mol. The smallest absolute Gasteiger partial charge is 0.410 e. The monoisotopic (exact) mass is 334 g/mol. The Morgan fingerprint density at radius 1 is 1.04 bits per heavy atom. The van der Waals surface area contributed by atoms with E-state index in [0.717, 1.165) is 5.56 Å². The minimum Gasteiger partial charge on any atom is -0.465 e. The molecule has 1 aliphatic heterocycles. The molecule has 1 amide bonds. The fraction of sp³-hybridized carbons (Fsp3) is 0.556. The fourth-order valence-electron chi connectivity index (χ4n) is 2.84. The van der Waals surface area contributed by atoms with Crippen molar-refractivity contribution in [3.05, 3.63) is 35.9 Å². The van der Waals surface area contributed by atoms with Crippen molar-refractivity contribution >= 4 is 12.1 Å². The van der Waals surface area contributed by atoms with E-state index < -0.39 is 0 Å². The van der Waals surface area contributed by atoms with Gasteiger partial charge in [-0.05, 0) is 18.9 Å². The highest BCUT2D eigenvalue weighted by Gasteiger charge is 2.30. The van der Waals surface area contributed by atoms with Crippen LogP contribution in [0.1, 0.15) is 25.8 Å². The second kappa shape index (κ2) is 9.27. The van der Waals surface area contributed by atoms with E-state index in [9.17, 15) is 9.59 Å². The molecule has 1 aliphatic rings. The highest BCUT2D eigenvalue weighted by atomic mass is 16.6. The zero-order valence-electron chi connectivity index (χ0n) is 14.4. The first kappa shape index (κ1) is 18.3. The lowest BCUT2D eigenvalue weighted by Crippen LogP contribution is -2.54. The molecule has 0 saturated carbocycles. The van der Waals surface area contributed by atoms with Crippen molar-refractivity contribution < 1.29 is 19.1 Å². The lowest BCUT2D eigenvalue weighted by atomic mass is 10.1. The molecule has 132 valence electrons. The summed E-state index contributed by atoms with van der Waals surface area (Å²) in [6.07, 6.45) is 0.403. The number of benzene rings is 1. The first-order chi connectivity index (χ1) is 11.7. The van der Waals surface area contributed by atoms with Gasteiger partial charge in [-0.25, -0.2) is 4.79 Å². The van der Waals surface area contributed by atoms with Crippen molar-refractivity contribution in [1.29, 1.82) is 0 Å². The normalized spacial score (nSPS) is 16.5. The minimum atomic E-state index is -0.303. The van der Waals surface area contributed by atoms with Crippen molar-refractivity contribution in [3.8, 4) is 0 Å². The third-order valence-electron chi connectivity index (χ3n) is 4.16. The van der Waals surface area contributed by atoms with Crippen LogP contribution in [0.2, 0.25) is 0 Å². The molecule has 0 aliphatic carbocycles. The number of hydrogen-bond acceptors (Lipinski definition) is 5. The zero-order valence-corrected chi connectivity index (χ0v) is 14.4. The second-order valence-electron chi connectivity index (χ2n) is 5.74. The molecule has 1 atom stereocenters. The summed E-state index contributed by atoms with van der Waals surface area (Å²) in [5.41, 5.74) is 0.970. The Morgan fingerprint density at radius 2 is 1.71 bits per heavy atom. The summed E-state index contributed by atoms with van der Waals surface area (Å²) in [6.45, 7) is 6.87. The predicted octanol–water partition coefficient (Wildman–Crippen LogP) is 2.28. The molecule has 0 aromatic heterocycles. The molecule has 1 unspecified atom stereocenters. The van der Waals surface area contributed by atoms with Crippen LogP contribution in [-0.4, -0.2) is 60.7 Å². The highest BCUT2D eigenvalue weighted by molar-refractivity contribution is 5.75. The maximum atomic E-state index is 12.1. The molecule has 1 fully saturated rings. The summed E-state index contributed by atoms with van der Waals surface area (Å²) in [5.74, 6) is -0.180. The van der Waals surface area contributed by atoms with Crippen molar-refractivity contribution in [2.75, 3.05) is 32.8 Å². The van der Waals surface area contributed by atoms with E-state index in [-0.39, 0.29) is 24.7 Å². The maximum Gasteiger partial charge on any atom is 0.410 e. The Morgan fingerprint density at radius 3 is 2.29 bits per heavy atom. The van der Waals surface area contributed by atoms with Gasteiger partial charge < -0.3 is 14.4 Å².